The third-order valence-corrected chi connectivity index (χ3v) is 6.46. The van der Waals surface area contributed by atoms with E-state index in [4.69, 9.17) is 11.6 Å². The number of piperidine rings is 1. The van der Waals surface area contributed by atoms with E-state index < -0.39 is 10.0 Å². The maximum atomic E-state index is 12.6. The lowest BCUT2D eigenvalue weighted by molar-refractivity contribution is 0.571. The lowest BCUT2D eigenvalue weighted by Crippen LogP contribution is -2.30. The Bertz CT molecular complexity index is 1100. The Hall–Kier alpha value is -2.64. The van der Waals surface area contributed by atoms with E-state index in [0.717, 1.165) is 24.5 Å². The fourth-order valence-corrected chi connectivity index (χ4v) is 4.71. The van der Waals surface area contributed by atoms with Crippen molar-refractivity contribution in [3.63, 3.8) is 0 Å². The first kappa shape index (κ1) is 19.7. The van der Waals surface area contributed by atoms with Gasteiger partial charge in [-0.15, -0.1) is 10.2 Å². The third kappa shape index (κ3) is 4.68. The number of sulfonamides is 1. The molecule has 1 aromatic heterocycles. The highest BCUT2D eigenvalue weighted by atomic mass is 35.5. The SMILES string of the molecule is O=S(=O)(Nc1cccc(-c2ccc(N3CCCCC3)nn2)c1)c1cccc(Cl)c1. The number of hydrogen-bond donors (Lipinski definition) is 1. The summed E-state index contributed by atoms with van der Waals surface area (Å²) in [5, 5.41) is 9.07. The third-order valence-electron chi connectivity index (χ3n) is 4.85. The van der Waals surface area contributed by atoms with Crippen molar-refractivity contribution in [2.45, 2.75) is 24.2 Å². The number of nitrogens with zero attached hydrogens (tertiary/aromatic N) is 3. The summed E-state index contributed by atoms with van der Waals surface area (Å²) >= 11 is 5.92. The fraction of sp³-hybridized carbons (Fsp3) is 0.238. The summed E-state index contributed by atoms with van der Waals surface area (Å²) in [7, 11) is -3.73. The van der Waals surface area contributed by atoms with E-state index in [-0.39, 0.29) is 4.90 Å². The van der Waals surface area contributed by atoms with Crippen LogP contribution in [0.4, 0.5) is 11.5 Å². The second kappa shape index (κ2) is 8.39. The van der Waals surface area contributed by atoms with Crippen LogP contribution in [-0.2, 0) is 10.0 Å². The second-order valence-corrected chi connectivity index (χ2v) is 9.09. The van der Waals surface area contributed by atoms with Gasteiger partial charge < -0.3 is 4.90 Å². The maximum absolute atomic E-state index is 12.6. The molecular formula is C21H21ClN4O2S. The van der Waals surface area contributed by atoms with Crippen molar-refractivity contribution in [2.24, 2.45) is 0 Å². The van der Waals surface area contributed by atoms with E-state index in [0.29, 0.717) is 16.4 Å². The van der Waals surface area contributed by atoms with Gasteiger partial charge in [0, 0.05) is 29.4 Å². The average molecular weight is 429 g/mol. The zero-order chi connectivity index (χ0) is 20.3. The Morgan fingerprint density at radius 1 is 0.897 bits per heavy atom. The summed E-state index contributed by atoms with van der Waals surface area (Å²) in [5.41, 5.74) is 1.92. The van der Waals surface area contributed by atoms with Crippen molar-refractivity contribution in [1.82, 2.24) is 10.2 Å². The Morgan fingerprint density at radius 2 is 1.69 bits per heavy atom. The summed E-state index contributed by atoms with van der Waals surface area (Å²) in [5.74, 6) is 0.881. The lowest BCUT2D eigenvalue weighted by Gasteiger charge is -2.27. The number of rotatable bonds is 5. The molecule has 0 saturated carbocycles. The number of aromatic nitrogens is 2. The Morgan fingerprint density at radius 3 is 2.41 bits per heavy atom. The highest BCUT2D eigenvalue weighted by Crippen LogP contribution is 2.25. The Kier molecular flexibility index (Phi) is 5.69. The minimum absolute atomic E-state index is 0.112. The summed E-state index contributed by atoms with van der Waals surface area (Å²) in [6.07, 6.45) is 3.62. The van der Waals surface area contributed by atoms with E-state index in [1.165, 1.54) is 31.4 Å². The molecule has 2 aromatic carbocycles. The molecule has 4 rings (SSSR count). The van der Waals surface area contributed by atoms with Crippen LogP contribution < -0.4 is 9.62 Å². The molecule has 2 heterocycles. The highest BCUT2D eigenvalue weighted by Gasteiger charge is 2.16. The molecule has 0 amide bonds. The van der Waals surface area contributed by atoms with Gasteiger partial charge in [0.2, 0.25) is 0 Å². The smallest absolute Gasteiger partial charge is 0.261 e. The van der Waals surface area contributed by atoms with Gasteiger partial charge in [-0.1, -0.05) is 29.8 Å². The van der Waals surface area contributed by atoms with Crippen LogP contribution in [0.25, 0.3) is 11.3 Å². The van der Waals surface area contributed by atoms with Gasteiger partial charge >= 0.3 is 0 Å². The van der Waals surface area contributed by atoms with Crippen LogP contribution in [0, 0.1) is 0 Å². The number of hydrogen-bond acceptors (Lipinski definition) is 5. The van der Waals surface area contributed by atoms with Crippen LogP contribution in [0.15, 0.2) is 65.6 Å². The monoisotopic (exact) mass is 428 g/mol. The van der Waals surface area contributed by atoms with Gasteiger partial charge in [-0.05, 0) is 61.7 Å². The summed E-state index contributed by atoms with van der Waals surface area (Å²) in [6, 6.07) is 17.1. The molecular weight excluding hydrogens is 408 g/mol. The van der Waals surface area contributed by atoms with Gasteiger partial charge in [0.05, 0.1) is 10.6 Å². The van der Waals surface area contributed by atoms with Crippen LogP contribution in [-0.4, -0.2) is 31.7 Å². The van der Waals surface area contributed by atoms with Crippen LogP contribution >= 0.6 is 11.6 Å². The average Bonchev–Trinajstić information content (AvgIpc) is 2.74. The molecule has 1 fully saturated rings. The van der Waals surface area contributed by atoms with Gasteiger partial charge in [0.1, 0.15) is 0 Å². The van der Waals surface area contributed by atoms with Crippen LogP contribution in [0.5, 0.6) is 0 Å². The Balaban J connectivity index is 1.54. The molecule has 1 N–H and O–H groups in total. The summed E-state index contributed by atoms with van der Waals surface area (Å²) in [4.78, 5) is 2.36. The quantitative estimate of drug-likeness (QED) is 0.643. The van der Waals surface area contributed by atoms with Crippen molar-refractivity contribution in [1.29, 1.82) is 0 Å². The maximum Gasteiger partial charge on any atom is 0.261 e. The van der Waals surface area contributed by atoms with Crippen molar-refractivity contribution in [3.8, 4) is 11.3 Å². The van der Waals surface area contributed by atoms with Gasteiger partial charge in [0.25, 0.3) is 10.0 Å². The Labute approximate surface area is 175 Å². The topological polar surface area (TPSA) is 75.2 Å². The minimum Gasteiger partial charge on any atom is -0.355 e. The van der Waals surface area contributed by atoms with Gasteiger partial charge in [-0.3, -0.25) is 4.72 Å². The predicted molar refractivity (Wildman–Crippen MR) is 116 cm³/mol. The molecule has 0 bridgehead atoms. The van der Waals surface area contributed by atoms with E-state index in [1.807, 2.05) is 18.2 Å². The molecule has 3 aromatic rings. The zero-order valence-electron chi connectivity index (χ0n) is 15.8. The highest BCUT2D eigenvalue weighted by molar-refractivity contribution is 7.92. The number of nitrogens with one attached hydrogen (secondary N) is 1. The molecule has 150 valence electrons. The largest absolute Gasteiger partial charge is 0.355 e. The molecule has 1 aliphatic heterocycles. The zero-order valence-corrected chi connectivity index (χ0v) is 17.3. The molecule has 1 aliphatic rings. The van der Waals surface area contributed by atoms with Crippen molar-refractivity contribution in [2.75, 3.05) is 22.7 Å². The van der Waals surface area contributed by atoms with Crippen LogP contribution in [0.1, 0.15) is 19.3 Å². The molecule has 0 unspecified atom stereocenters. The minimum atomic E-state index is -3.73. The first-order valence-corrected chi connectivity index (χ1v) is 11.3. The van der Waals surface area contributed by atoms with Crippen molar-refractivity contribution < 1.29 is 8.42 Å². The van der Waals surface area contributed by atoms with Crippen LogP contribution in [0.2, 0.25) is 5.02 Å². The molecule has 0 atom stereocenters. The van der Waals surface area contributed by atoms with Gasteiger partial charge in [-0.2, -0.15) is 0 Å². The van der Waals surface area contributed by atoms with Gasteiger partial charge in [0.15, 0.2) is 5.82 Å². The first-order chi connectivity index (χ1) is 14.0. The normalized spacial score (nSPS) is 14.6. The summed E-state index contributed by atoms with van der Waals surface area (Å²) < 4.78 is 27.8. The molecule has 0 aliphatic carbocycles. The van der Waals surface area contributed by atoms with Crippen molar-refractivity contribution >= 4 is 33.1 Å². The van der Waals surface area contributed by atoms with E-state index in [2.05, 4.69) is 19.8 Å². The molecule has 0 spiro atoms. The van der Waals surface area contributed by atoms with Crippen LogP contribution in [0.3, 0.4) is 0 Å². The molecule has 6 nitrogen and oxygen atoms in total. The molecule has 0 radical (unpaired) electrons. The lowest BCUT2D eigenvalue weighted by atomic mass is 10.1. The second-order valence-electron chi connectivity index (χ2n) is 6.97. The number of benzene rings is 2. The van der Waals surface area contributed by atoms with E-state index in [9.17, 15) is 8.42 Å². The standard InChI is InChI=1S/C21H21ClN4O2S/c22-17-7-5-9-19(15-17)29(27,28)25-18-8-4-6-16(14-18)20-10-11-21(24-23-20)26-12-2-1-3-13-26/h4-11,14-15,25H,1-3,12-13H2. The first-order valence-electron chi connectivity index (χ1n) is 9.49. The summed E-state index contributed by atoms with van der Waals surface area (Å²) in [6.45, 7) is 2.02. The molecule has 29 heavy (non-hydrogen) atoms. The molecule has 1 saturated heterocycles. The number of halogens is 1. The van der Waals surface area contributed by atoms with E-state index >= 15 is 0 Å². The van der Waals surface area contributed by atoms with Crippen molar-refractivity contribution in [3.05, 3.63) is 65.7 Å². The van der Waals surface area contributed by atoms with E-state index in [1.54, 1.807) is 30.3 Å². The molecule has 8 heteroatoms. The van der Waals surface area contributed by atoms with Gasteiger partial charge in [-0.25, -0.2) is 8.42 Å². The fourth-order valence-electron chi connectivity index (χ4n) is 3.36. The number of anilines is 2. The predicted octanol–water partition coefficient (Wildman–Crippen LogP) is 4.59.